The molecule has 1 N–H and O–H groups in total. The van der Waals surface area contributed by atoms with Gasteiger partial charge < -0.3 is 15.0 Å². The van der Waals surface area contributed by atoms with Crippen LogP contribution >= 0.6 is 0 Å². The minimum Gasteiger partial charge on any atom is -0.496 e. The maximum Gasteiger partial charge on any atom is 0.244 e. The first-order chi connectivity index (χ1) is 9.04. The Morgan fingerprint density at radius 1 is 1.42 bits per heavy atom. The molecule has 19 heavy (non-hydrogen) atoms. The van der Waals surface area contributed by atoms with Gasteiger partial charge in [0.1, 0.15) is 11.8 Å². The molecule has 0 bridgehead atoms. The Labute approximate surface area is 114 Å². The molecular weight excluding hydrogens is 240 g/mol. The quantitative estimate of drug-likeness (QED) is 0.905. The Hall–Kier alpha value is -1.55. The normalized spacial score (nSPS) is 19.9. The molecule has 1 aromatic carbocycles. The van der Waals surface area contributed by atoms with Crippen LogP contribution in [0.25, 0.3) is 0 Å². The standard InChI is InChI=1S/C15H22N2O2/c1-10(2)12-9-11(5-6-13(12)19-4)14-15(18)17(3)8-7-16-14/h5-6,9-10,14,16H,7-8H2,1-4H3. The van der Waals surface area contributed by atoms with Crippen molar-refractivity contribution in [3.05, 3.63) is 29.3 Å². The number of hydrogen-bond donors (Lipinski definition) is 1. The number of nitrogens with zero attached hydrogens (tertiary/aromatic N) is 1. The molecule has 0 aliphatic carbocycles. The van der Waals surface area contributed by atoms with Crippen LogP contribution in [-0.4, -0.2) is 38.1 Å². The molecule has 1 fully saturated rings. The Morgan fingerprint density at radius 2 is 2.16 bits per heavy atom. The lowest BCUT2D eigenvalue weighted by atomic mass is 9.95. The van der Waals surface area contributed by atoms with Crippen LogP contribution in [0.3, 0.4) is 0 Å². The Bertz CT molecular complexity index is 471. The SMILES string of the molecule is COc1ccc(C2NCCN(C)C2=O)cc1C(C)C. The van der Waals surface area contributed by atoms with Crippen LogP contribution < -0.4 is 10.1 Å². The summed E-state index contributed by atoms with van der Waals surface area (Å²) in [6, 6.07) is 5.77. The first-order valence-electron chi connectivity index (χ1n) is 6.70. The van der Waals surface area contributed by atoms with E-state index in [4.69, 9.17) is 4.74 Å². The Morgan fingerprint density at radius 3 is 2.79 bits per heavy atom. The van der Waals surface area contributed by atoms with Crippen LogP contribution in [0.2, 0.25) is 0 Å². The van der Waals surface area contributed by atoms with Crippen molar-refractivity contribution in [1.29, 1.82) is 0 Å². The summed E-state index contributed by atoms with van der Waals surface area (Å²) in [6.45, 7) is 5.85. The van der Waals surface area contributed by atoms with E-state index in [0.29, 0.717) is 5.92 Å². The summed E-state index contributed by atoms with van der Waals surface area (Å²) in [5, 5.41) is 3.29. The van der Waals surface area contributed by atoms with Crippen molar-refractivity contribution >= 4 is 5.91 Å². The van der Waals surface area contributed by atoms with E-state index in [0.717, 1.165) is 30.0 Å². The van der Waals surface area contributed by atoms with Crippen LogP contribution in [-0.2, 0) is 4.79 Å². The van der Waals surface area contributed by atoms with Gasteiger partial charge in [-0.3, -0.25) is 4.79 Å². The molecule has 0 radical (unpaired) electrons. The lowest BCUT2D eigenvalue weighted by Crippen LogP contribution is -2.48. The summed E-state index contributed by atoms with van der Waals surface area (Å²) in [6.07, 6.45) is 0. The van der Waals surface area contributed by atoms with E-state index in [2.05, 4.69) is 25.2 Å². The van der Waals surface area contributed by atoms with Gasteiger partial charge >= 0.3 is 0 Å². The predicted octanol–water partition coefficient (Wildman–Crippen LogP) is 1.92. The fraction of sp³-hybridized carbons (Fsp3) is 0.533. The van der Waals surface area contributed by atoms with E-state index in [1.807, 2.05) is 19.2 Å². The van der Waals surface area contributed by atoms with E-state index < -0.39 is 0 Å². The van der Waals surface area contributed by atoms with Crippen LogP contribution in [0, 0.1) is 0 Å². The van der Waals surface area contributed by atoms with Gasteiger partial charge in [-0.25, -0.2) is 0 Å². The van der Waals surface area contributed by atoms with Crippen LogP contribution in [0.5, 0.6) is 5.75 Å². The van der Waals surface area contributed by atoms with Gasteiger partial charge in [-0.15, -0.1) is 0 Å². The summed E-state index contributed by atoms with van der Waals surface area (Å²) >= 11 is 0. The van der Waals surface area contributed by atoms with Crippen LogP contribution in [0.15, 0.2) is 18.2 Å². The minimum atomic E-state index is -0.234. The van der Waals surface area contributed by atoms with Crippen molar-refractivity contribution in [2.24, 2.45) is 0 Å². The van der Waals surface area contributed by atoms with Gasteiger partial charge in [0.2, 0.25) is 5.91 Å². The number of methoxy groups -OCH3 is 1. The molecular formula is C15H22N2O2. The van der Waals surface area contributed by atoms with Gasteiger partial charge in [-0.2, -0.15) is 0 Å². The largest absolute Gasteiger partial charge is 0.496 e. The predicted molar refractivity (Wildman–Crippen MR) is 75.5 cm³/mol. The highest BCUT2D eigenvalue weighted by Crippen LogP contribution is 2.30. The fourth-order valence-corrected chi connectivity index (χ4v) is 2.44. The maximum atomic E-state index is 12.2. The molecule has 1 heterocycles. The van der Waals surface area contributed by atoms with Crippen molar-refractivity contribution in [2.45, 2.75) is 25.8 Å². The summed E-state index contributed by atoms with van der Waals surface area (Å²) in [5.41, 5.74) is 2.16. The smallest absolute Gasteiger partial charge is 0.244 e. The average molecular weight is 262 g/mol. The van der Waals surface area contributed by atoms with E-state index in [9.17, 15) is 4.79 Å². The molecule has 0 spiro atoms. The molecule has 1 aliphatic rings. The van der Waals surface area contributed by atoms with Crippen molar-refractivity contribution < 1.29 is 9.53 Å². The van der Waals surface area contributed by atoms with Crippen molar-refractivity contribution in [1.82, 2.24) is 10.2 Å². The number of nitrogens with one attached hydrogen (secondary N) is 1. The summed E-state index contributed by atoms with van der Waals surface area (Å²) < 4.78 is 5.38. The first-order valence-corrected chi connectivity index (χ1v) is 6.70. The molecule has 0 aromatic heterocycles. The summed E-state index contributed by atoms with van der Waals surface area (Å²) in [7, 11) is 3.53. The van der Waals surface area contributed by atoms with E-state index in [-0.39, 0.29) is 11.9 Å². The molecule has 1 saturated heterocycles. The third kappa shape index (κ3) is 2.73. The zero-order valence-corrected chi connectivity index (χ0v) is 12.1. The van der Waals surface area contributed by atoms with Crippen LogP contribution in [0.4, 0.5) is 0 Å². The highest BCUT2D eigenvalue weighted by Gasteiger charge is 2.27. The number of piperazine rings is 1. The molecule has 4 heteroatoms. The lowest BCUT2D eigenvalue weighted by Gasteiger charge is -2.31. The number of hydrogen-bond acceptors (Lipinski definition) is 3. The third-order valence-corrected chi connectivity index (χ3v) is 3.63. The van der Waals surface area contributed by atoms with Crippen molar-refractivity contribution in [3.63, 3.8) is 0 Å². The highest BCUT2D eigenvalue weighted by atomic mass is 16.5. The second-order valence-electron chi connectivity index (χ2n) is 5.30. The maximum absolute atomic E-state index is 12.2. The van der Waals surface area contributed by atoms with E-state index in [1.165, 1.54) is 0 Å². The average Bonchev–Trinajstić information content (AvgIpc) is 2.41. The van der Waals surface area contributed by atoms with Crippen LogP contribution in [0.1, 0.15) is 36.9 Å². The molecule has 2 rings (SSSR count). The molecule has 1 aromatic rings. The zero-order valence-electron chi connectivity index (χ0n) is 12.1. The van der Waals surface area contributed by atoms with Crippen molar-refractivity contribution in [2.75, 3.05) is 27.2 Å². The van der Waals surface area contributed by atoms with Gasteiger partial charge in [0, 0.05) is 20.1 Å². The second-order valence-corrected chi connectivity index (χ2v) is 5.30. The van der Waals surface area contributed by atoms with Gasteiger partial charge in [0.25, 0.3) is 0 Å². The number of amides is 1. The topological polar surface area (TPSA) is 41.6 Å². The van der Waals surface area contributed by atoms with Gasteiger partial charge in [0.15, 0.2) is 0 Å². The molecule has 1 aliphatic heterocycles. The lowest BCUT2D eigenvalue weighted by molar-refractivity contribution is -0.134. The van der Waals surface area contributed by atoms with Gasteiger partial charge in [-0.05, 0) is 29.2 Å². The molecule has 104 valence electrons. The molecule has 1 atom stereocenters. The van der Waals surface area contributed by atoms with Crippen molar-refractivity contribution in [3.8, 4) is 5.75 Å². The fourth-order valence-electron chi connectivity index (χ4n) is 2.44. The highest BCUT2D eigenvalue weighted by molar-refractivity contribution is 5.84. The third-order valence-electron chi connectivity index (χ3n) is 3.63. The summed E-state index contributed by atoms with van der Waals surface area (Å²) in [4.78, 5) is 14.0. The molecule has 1 unspecified atom stereocenters. The zero-order chi connectivity index (χ0) is 14.0. The van der Waals surface area contributed by atoms with E-state index >= 15 is 0 Å². The molecule has 4 nitrogen and oxygen atoms in total. The Balaban J connectivity index is 2.35. The summed E-state index contributed by atoms with van der Waals surface area (Å²) in [5.74, 6) is 1.38. The van der Waals surface area contributed by atoms with Gasteiger partial charge in [0.05, 0.1) is 7.11 Å². The first kappa shape index (κ1) is 13.9. The van der Waals surface area contributed by atoms with E-state index in [1.54, 1.807) is 12.0 Å². The number of carbonyl (C=O) groups excluding carboxylic acids is 1. The molecule has 0 saturated carbocycles. The number of benzene rings is 1. The second kappa shape index (κ2) is 5.61. The number of rotatable bonds is 3. The minimum absolute atomic E-state index is 0.131. The number of ether oxygens (including phenoxy) is 1. The number of likely N-dealkylation sites (N-methyl/N-ethyl adjacent to an activating group) is 1. The molecule has 1 amide bonds. The monoisotopic (exact) mass is 262 g/mol. The Kier molecular flexibility index (Phi) is 4.10. The number of carbonyl (C=O) groups is 1. The van der Waals surface area contributed by atoms with Gasteiger partial charge in [-0.1, -0.05) is 19.9 Å².